The zero-order valence-corrected chi connectivity index (χ0v) is 18.6. The second-order valence-corrected chi connectivity index (χ2v) is 7.05. The van der Waals surface area contributed by atoms with Crippen molar-refractivity contribution in [2.45, 2.75) is 20.3 Å². The van der Waals surface area contributed by atoms with Crippen LogP contribution in [0.4, 0.5) is 5.69 Å². The number of benzene rings is 1. The van der Waals surface area contributed by atoms with Crippen LogP contribution in [0, 0.1) is 5.92 Å². The van der Waals surface area contributed by atoms with Crippen LogP contribution in [0.5, 0.6) is 0 Å². The molecule has 1 aromatic carbocycles. The molecule has 0 bridgehead atoms. The van der Waals surface area contributed by atoms with E-state index in [9.17, 15) is 0 Å². The summed E-state index contributed by atoms with van der Waals surface area (Å²) in [5.41, 5.74) is 1.33. The lowest BCUT2D eigenvalue weighted by Crippen LogP contribution is -2.52. The van der Waals surface area contributed by atoms with E-state index in [-0.39, 0.29) is 24.0 Å². The first-order valence-corrected chi connectivity index (χ1v) is 9.85. The fourth-order valence-electron chi connectivity index (χ4n) is 3.81. The summed E-state index contributed by atoms with van der Waals surface area (Å²) >= 11 is 0. The Morgan fingerprint density at radius 2 is 1.81 bits per heavy atom. The van der Waals surface area contributed by atoms with Gasteiger partial charge in [0.1, 0.15) is 0 Å². The zero-order valence-electron chi connectivity index (χ0n) is 16.2. The molecule has 2 saturated heterocycles. The van der Waals surface area contributed by atoms with E-state index in [2.05, 4.69) is 64.2 Å². The van der Waals surface area contributed by atoms with Gasteiger partial charge in [0.15, 0.2) is 5.96 Å². The van der Waals surface area contributed by atoms with E-state index in [1.54, 1.807) is 0 Å². The third kappa shape index (κ3) is 5.74. The van der Waals surface area contributed by atoms with Crippen LogP contribution in [0.15, 0.2) is 35.3 Å². The Morgan fingerprint density at radius 3 is 2.42 bits per heavy atom. The molecule has 2 heterocycles. The molecule has 26 heavy (non-hydrogen) atoms. The second kappa shape index (κ2) is 11.0. The van der Waals surface area contributed by atoms with E-state index in [1.165, 1.54) is 31.7 Å². The number of nitrogens with one attached hydrogen (secondary N) is 1. The molecule has 0 amide bonds. The van der Waals surface area contributed by atoms with Gasteiger partial charge >= 0.3 is 0 Å². The second-order valence-electron chi connectivity index (χ2n) is 7.05. The highest BCUT2D eigenvalue weighted by atomic mass is 127. The van der Waals surface area contributed by atoms with Crippen molar-refractivity contribution in [3.05, 3.63) is 30.3 Å². The fourth-order valence-corrected chi connectivity index (χ4v) is 3.81. The Balaban J connectivity index is 0.00000243. The van der Waals surface area contributed by atoms with Crippen LogP contribution in [0.3, 0.4) is 0 Å². The normalized spacial score (nSPS) is 21.6. The molecule has 2 fully saturated rings. The van der Waals surface area contributed by atoms with Gasteiger partial charge in [-0.3, -0.25) is 4.99 Å². The first-order valence-electron chi connectivity index (χ1n) is 9.85. The van der Waals surface area contributed by atoms with E-state index in [0.717, 1.165) is 51.1 Å². The Labute approximate surface area is 175 Å². The molecule has 2 aliphatic heterocycles. The van der Waals surface area contributed by atoms with Crippen molar-refractivity contribution in [3.63, 3.8) is 0 Å². The van der Waals surface area contributed by atoms with Gasteiger partial charge in [0.05, 0.1) is 0 Å². The van der Waals surface area contributed by atoms with Gasteiger partial charge in [0.2, 0.25) is 0 Å². The van der Waals surface area contributed by atoms with Crippen LogP contribution in [0.25, 0.3) is 0 Å². The van der Waals surface area contributed by atoms with Gasteiger partial charge in [-0.1, -0.05) is 25.1 Å². The van der Waals surface area contributed by atoms with Gasteiger partial charge in [-0.2, -0.15) is 0 Å². The summed E-state index contributed by atoms with van der Waals surface area (Å²) in [4.78, 5) is 12.4. The lowest BCUT2D eigenvalue weighted by atomic mass is 10.1. The molecule has 1 aromatic rings. The molecule has 146 valence electrons. The number of hydrogen-bond acceptors (Lipinski definition) is 3. The summed E-state index contributed by atoms with van der Waals surface area (Å²) < 4.78 is 0. The van der Waals surface area contributed by atoms with Crippen LogP contribution in [-0.2, 0) is 0 Å². The highest BCUT2D eigenvalue weighted by Gasteiger charge is 2.23. The lowest BCUT2D eigenvalue weighted by Gasteiger charge is -2.37. The predicted octanol–water partition coefficient (Wildman–Crippen LogP) is 2.73. The van der Waals surface area contributed by atoms with Crippen LogP contribution in [0.1, 0.15) is 20.3 Å². The molecule has 0 spiro atoms. The molecule has 0 aliphatic carbocycles. The summed E-state index contributed by atoms with van der Waals surface area (Å²) in [6.07, 6.45) is 1.29. The van der Waals surface area contributed by atoms with E-state index in [0.29, 0.717) is 0 Å². The smallest absolute Gasteiger partial charge is 0.194 e. The van der Waals surface area contributed by atoms with E-state index in [1.807, 2.05) is 0 Å². The summed E-state index contributed by atoms with van der Waals surface area (Å²) in [5, 5.41) is 3.50. The average molecular weight is 471 g/mol. The maximum Gasteiger partial charge on any atom is 0.194 e. The zero-order chi connectivity index (χ0) is 17.5. The molecule has 1 atom stereocenters. The average Bonchev–Trinajstić information content (AvgIpc) is 3.14. The number of guanidine groups is 1. The Kier molecular flexibility index (Phi) is 8.98. The first kappa shape index (κ1) is 21.3. The van der Waals surface area contributed by atoms with Crippen molar-refractivity contribution < 1.29 is 0 Å². The van der Waals surface area contributed by atoms with Crippen molar-refractivity contribution in [3.8, 4) is 0 Å². The van der Waals surface area contributed by atoms with Gasteiger partial charge < -0.3 is 20.0 Å². The quantitative estimate of drug-likeness (QED) is 0.407. The summed E-state index contributed by atoms with van der Waals surface area (Å²) in [7, 11) is 0. The molecule has 6 heteroatoms. The maximum absolute atomic E-state index is 4.97. The number of hydrogen-bond donors (Lipinski definition) is 1. The largest absolute Gasteiger partial charge is 0.368 e. The van der Waals surface area contributed by atoms with Gasteiger partial charge in [0.25, 0.3) is 0 Å². The third-order valence-electron chi connectivity index (χ3n) is 5.35. The number of likely N-dealkylation sites (tertiary alicyclic amines) is 1. The minimum absolute atomic E-state index is 0. The van der Waals surface area contributed by atoms with E-state index < -0.39 is 0 Å². The highest BCUT2D eigenvalue weighted by Crippen LogP contribution is 2.17. The minimum Gasteiger partial charge on any atom is -0.368 e. The Morgan fingerprint density at radius 1 is 1.08 bits per heavy atom. The molecular formula is C20H34IN5. The van der Waals surface area contributed by atoms with Crippen molar-refractivity contribution in [2.24, 2.45) is 10.9 Å². The first-order chi connectivity index (χ1) is 12.3. The monoisotopic (exact) mass is 471 g/mol. The molecule has 1 unspecified atom stereocenters. The number of aliphatic imine (C=N–C) groups is 1. The van der Waals surface area contributed by atoms with Gasteiger partial charge in [-0.05, 0) is 44.5 Å². The van der Waals surface area contributed by atoms with Crippen molar-refractivity contribution >= 4 is 35.6 Å². The topological polar surface area (TPSA) is 34.1 Å². The van der Waals surface area contributed by atoms with E-state index >= 15 is 0 Å². The Bertz CT molecular complexity index is 542. The third-order valence-corrected chi connectivity index (χ3v) is 5.35. The summed E-state index contributed by atoms with van der Waals surface area (Å²) in [6, 6.07) is 10.7. The number of halogens is 1. The lowest BCUT2D eigenvalue weighted by molar-refractivity contribution is 0.342. The molecule has 0 radical (unpaired) electrons. The van der Waals surface area contributed by atoms with Crippen LogP contribution >= 0.6 is 24.0 Å². The predicted molar refractivity (Wildman–Crippen MR) is 122 cm³/mol. The summed E-state index contributed by atoms with van der Waals surface area (Å²) in [5.74, 6) is 1.82. The number of rotatable bonds is 5. The molecule has 5 nitrogen and oxygen atoms in total. The number of piperazine rings is 1. The van der Waals surface area contributed by atoms with Crippen molar-refractivity contribution in [2.75, 3.05) is 63.8 Å². The number of para-hydroxylation sites is 1. The maximum atomic E-state index is 4.97. The molecule has 2 aliphatic rings. The summed E-state index contributed by atoms with van der Waals surface area (Å²) in [6.45, 7) is 14.1. The fraction of sp³-hybridized carbons (Fsp3) is 0.650. The Hall–Kier alpha value is -1.02. The van der Waals surface area contributed by atoms with Crippen molar-refractivity contribution in [1.29, 1.82) is 0 Å². The molecule has 0 saturated carbocycles. The minimum atomic E-state index is 0. The highest BCUT2D eigenvalue weighted by molar-refractivity contribution is 14.0. The van der Waals surface area contributed by atoms with Gasteiger partial charge in [0, 0.05) is 51.5 Å². The van der Waals surface area contributed by atoms with Crippen LogP contribution < -0.4 is 10.2 Å². The van der Waals surface area contributed by atoms with Crippen LogP contribution in [0.2, 0.25) is 0 Å². The number of nitrogens with zero attached hydrogens (tertiary/aromatic N) is 4. The molecule has 3 rings (SSSR count). The van der Waals surface area contributed by atoms with Gasteiger partial charge in [-0.15, -0.1) is 24.0 Å². The molecule has 0 aromatic heterocycles. The number of anilines is 1. The molecular weight excluding hydrogens is 437 g/mol. The molecule has 1 N–H and O–H groups in total. The van der Waals surface area contributed by atoms with E-state index in [4.69, 9.17) is 4.99 Å². The SMILES string of the molecule is CCNC(=NCC1CCN(CC)C1)N1CCN(c2ccccc2)CC1.I. The van der Waals surface area contributed by atoms with Crippen LogP contribution in [-0.4, -0.2) is 74.7 Å². The standard InChI is InChI=1S/C20H33N5.HI/c1-3-21-20(22-16-18-10-11-23(4-2)17-18)25-14-12-24(13-15-25)19-8-6-5-7-9-19;/h5-9,18H,3-4,10-17H2,1-2H3,(H,21,22);1H. The van der Waals surface area contributed by atoms with Gasteiger partial charge in [-0.25, -0.2) is 0 Å². The van der Waals surface area contributed by atoms with Crippen molar-refractivity contribution in [1.82, 2.24) is 15.1 Å².